The molecule has 0 aliphatic heterocycles. The summed E-state index contributed by atoms with van der Waals surface area (Å²) in [6.07, 6.45) is 0.0365. The van der Waals surface area contributed by atoms with Gasteiger partial charge in [-0.05, 0) is 19.9 Å². The number of hydrogen-bond donors (Lipinski definition) is 4. The summed E-state index contributed by atoms with van der Waals surface area (Å²) in [5, 5.41) is 2.75. The molecule has 5 nitrogen and oxygen atoms in total. The minimum atomic E-state index is -0.533. The zero-order valence-corrected chi connectivity index (χ0v) is 6.71. The molecule has 0 unspecified atom stereocenters. The largest absolute Gasteiger partial charge is 0.321 e. The SMILES string of the molecule is CC(=O)[C@@H](N)CCNC(N)N. The van der Waals surface area contributed by atoms with Crippen LogP contribution in [-0.4, -0.2) is 24.7 Å². The standard InChI is InChI=1S/C6H16N4O/c1-4(11)5(7)2-3-10-6(8)9/h5-6,10H,2-3,7-9H2,1H3/t5-/m0/s1. The van der Waals surface area contributed by atoms with E-state index in [1.807, 2.05) is 0 Å². The molecule has 0 bridgehead atoms. The zero-order chi connectivity index (χ0) is 8.85. The summed E-state index contributed by atoms with van der Waals surface area (Å²) in [6, 6.07) is -0.402. The number of Topliss-reactive ketones (excluding diaryl/α,β-unsaturated/α-hetero) is 1. The van der Waals surface area contributed by atoms with Crippen LogP contribution >= 0.6 is 0 Å². The van der Waals surface area contributed by atoms with E-state index in [9.17, 15) is 4.79 Å². The Kier molecular flexibility index (Phi) is 4.97. The molecular formula is C6H16N4O. The Bertz CT molecular complexity index is 126. The van der Waals surface area contributed by atoms with Gasteiger partial charge < -0.3 is 17.2 Å². The van der Waals surface area contributed by atoms with E-state index < -0.39 is 12.3 Å². The molecule has 5 heteroatoms. The maximum atomic E-state index is 10.6. The third-order valence-corrected chi connectivity index (χ3v) is 1.36. The molecule has 7 N–H and O–H groups in total. The van der Waals surface area contributed by atoms with Crippen LogP contribution in [0.15, 0.2) is 0 Å². The Hall–Kier alpha value is -0.490. The van der Waals surface area contributed by atoms with Crippen LogP contribution in [0.5, 0.6) is 0 Å². The van der Waals surface area contributed by atoms with Gasteiger partial charge in [0.15, 0.2) is 0 Å². The number of carbonyl (C=O) groups excluding carboxylic acids is 1. The second-order valence-electron chi connectivity index (χ2n) is 2.49. The molecule has 0 amide bonds. The molecule has 0 aliphatic carbocycles. The van der Waals surface area contributed by atoms with Gasteiger partial charge in [-0.15, -0.1) is 0 Å². The summed E-state index contributed by atoms with van der Waals surface area (Å²) in [5.74, 6) is -0.0163. The van der Waals surface area contributed by atoms with Crippen LogP contribution in [0.2, 0.25) is 0 Å². The lowest BCUT2D eigenvalue weighted by molar-refractivity contribution is -0.118. The van der Waals surface area contributed by atoms with E-state index in [-0.39, 0.29) is 5.78 Å². The smallest absolute Gasteiger partial charge is 0.146 e. The maximum absolute atomic E-state index is 10.6. The third kappa shape index (κ3) is 5.93. The van der Waals surface area contributed by atoms with E-state index in [0.717, 1.165) is 0 Å². The molecule has 0 aliphatic rings. The van der Waals surface area contributed by atoms with Gasteiger partial charge in [-0.25, -0.2) is 0 Å². The van der Waals surface area contributed by atoms with Gasteiger partial charge in [-0.2, -0.15) is 0 Å². The molecular weight excluding hydrogens is 144 g/mol. The molecule has 66 valence electrons. The summed E-state index contributed by atoms with van der Waals surface area (Å²) < 4.78 is 0. The highest BCUT2D eigenvalue weighted by atomic mass is 16.1. The normalized spacial score (nSPS) is 13.5. The van der Waals surface area contributed by atoms with Gasteiger partial charge in [0.1, 0.15) is 12.1 Å². The molecule has 0 aromatic heterocycles. The number of rotatable bonds is 5. The average Bonchev–Trinajstić information content (AvgIpc) is 1.86. The minimum Gasteiger partial charge on any atom is -0.321 e. The van der Waals surface area contributed by atoms with Crippen molar-refractivity contribution in [1.82, 2.24) is 5.32 Å². The van der Waals surface area contributed by atoms with Crippen molar-refractivity contribution in [2.45, 2.75) is 25.7 Å². The molecule has 0 fully saturated rings. The van der Waals surface area contributed by atoms with Crippen LogP contribution < -0.4 is 22.5 Å². The van der Waals surface area contributed by atoms with Crippen molar-refractivity contribution in [2.24, 2.45) is 17.2 Å². The Morgan fingerprint density at radius 1 is 1.45 bits per heavy atom. The van der Waals surface area contributed by atoms with Gasteiger partial charge in [-0.3, -0.25) is 10.1 Å². The predicted octanol–water partition coefficient (Wildman–Crippen LogP) is -1.92. The molecule has 0 saturated heterocycles. The Labute approximate surface area is 66.3 Å². The van der Waals surface area contributed by atoms with E-state index in [4.69, 9.17) is 17.2 Å². The maximum Gasteiger partial charge on any atom is 0.146 e. The first kappa shape index (κ1) is 10.5. The highest BCUT2D eigenvalue weighted by Gasteiger charge is 2.06. The van der Waals surface area contributed by atoms with Crippen molar-refractivity contribution >= 4 is 5.78 Å². The Morgan fingerprint density at radius 2 is 2.00 bits per heavy atom. The monoisotopic (exact) mass is 160 g/mol. The van der Waals surface area contributed by atoms with E-state index in [0.29, 0.717) is 13.0 Å². The quantitative estimate of drug-likeness (QED) is 0.351. The number of nitrogens with two attached hydrogens (primary N) is 3. The van der Waals surface area contributed by atoms with E-state index in [1.54, 1.807) is 0 Å². The van der Waals surface area contributed by atoms with E-state index in [1.165, 1.54) is 6.92 Å². The second-order valence-corrected chi connectivity index (χ2v) is 2.49. The zero-order valence-electron chi connectivity index (χ0n) is 6.71. The Balaban J connectivity index is 3.31. The summed E-state index contributed by atoms with van der Waals surface area (Å²) in [5.41, 5.74) is 15.8. The lowest BCUT2D eigenvalue weighted by Gasteiger charge is -2.10. The lowest BCUT2D eigenvalue weighted by atomic mass is 10.1. The van der Waals surface area contributed by atoms with Gasteiger partial charge in [0.2, 0.25) is 0 Å². The number of nitrogens with one attached hydrogen (secondary N) is 1. The molecule has 0 radical (unpaired) electrons. The topological polar surface area (TPSA) is 107 Å². The van der Waals surface area contributed by atoms with Crippen LogP contribution in [0.1, 0.15) is 13.3 Å². The lowest BCUT2D eigenvalue weighted by Crippen LogP contribution is -2.46. The fourth-order valence-corrected chi connectivity index (χ4v) is 0.609. The third-order valence-electron chi connectivity index (χ3n) is 1.36. The molecule has 0 aromatic rings. The average molecular weight is 160 g/mol. The van der Waals surface area contributed by atoms with Crippen molar-refractivity contribution < 1.29 is 4.79 Å². The highest BCUT2D eigenvalue weighted by molar-refractivity contribution is 5.81. The molecule has 0 aromatic carbocycles. The van der Waals surface area contributed by atoms with E-state index in [2.05, 4.69) is 5.32 Å². The van der Waals surface area contributed by atoms with Gasteiger partial charge >= 0.3 is 0 Å². The fraction of sp³-hybridized carbons (Fsp3) is 0.833. The molecule has 0 spiro atoms. The highest BCUT2D eigenvalue weighted by Crippen LogP contribution is 1.86. The summed E-state index contributed by atoms with van der Waals surface area (Å²) in [7, 11) is 0. The van der Waals surface area contributed by atoms with Gasteiger partial charge in [0, 0.05) is 0 Å². The van der Waals surface area contributed by atoms with Crippen molar-refractivity contribution in [1.29, 1.82) is 0 Å². The van der Waals surface area contributed by atoms with Crippen molar-refractivity contribution in [3.8, 4) is 0 Å². The number of carbonyl (C=O) groups is 1. The summed E-state index contributed by atoms with van der Waals surface area (Å²) in [6.45, 7) is 2.03. The van der Waals surface area contributed by atoms with Crippen LogP contribution in [0.3, 0.4) is 0 Å². The number of ketones is 1. The van der Waals surface area contributed by atoms with Gasteiger partial charge in [-0.1, -0.05) is 0 Å². The van der Waals surface area contributed by atoms with Crippen LogP contribution in [0.25, 0.3) is 0 Å². The van der Waals surface area contributed by atoms with Crippen LogP contribution in [0, 0.1) is 0 Å². The first-order chi connectivity index (χ1) is 5.04. The first-order valence-electron chi connectivity index (χ1n) is 3.54. The van der Waals surface area contributed by atoms with E-state index >= 15 is 0 Å². The first-order valence-corrected chi connectivity index (χ1v) is 3.54. The summed E-state index contributed by atoms with van der Waals surface area (Å²) in [4.78, 5) is 10.6. The van der Waals surface area contributed by atoms with Crippen molar-refractivity contribution in [3.63, 3.8) is 0 Å². The molecule has 0 saturated carbocycles. The predicted molar refractivity (Wildman–Crippen MR) is 43.4 cm³/mol. The molecule has 1 atom stereocenters. The van der Waals surface area contributed by atoms with Gasteiger partial charge in [0.05, 0.1) is 6.04 Å². The number of hydrogen-bond acceptors (Lipinski definition) is 5. The van der Waals surface area contributed by atoms with Crippen molar-refractivity contribution in [2.75, 3.05) is 6.54 Å². The molecule has 0 heterocycles. The Morgan fingerprint density at radius 3 is 2.36 bits per heavy atom. The second kappa shape index (κ2) is 5.20. The summed E-state index contributed by atoms with van der Waals surface area (Å²) >= 11 is 0. The van der Waals surface area contributed by atoms with Gasteiger partial charge in [0.25, 0.3) is 0 Å². The molecule has 11 heavy (non-hydrogen) atoms. The van der Waals surface area contributed by atoms with Crippen molar-refractivity contribution in [3.05, 3.63) is 0 Å². The fourth-order valence-electron chi connectivity index (χ4n) is 0.609. The molecule has 0 rings (SSSR count). The minimum absolute atomic E-state index is 0.0163. The van der Waals surface area contributed by atoms with Crippen LogP contribution in [0.4, 0.5) is 0 Å². The van der Waals surface area contributed by atoms with Crippen LogP contribution in [-0.2, 0) is 4.79 Å².